The van der Waals surface area contributed by atoms with E-state index >= 15 is 0 Å². The van der Waals surface area contributed by atoms with Gasteiger partial charge in [0.1, 0.15) is 11.3 Å². The van der Waals surface area contributed by atoms with Crippen LogP contribution in [-0.4, -0.2) is 31.9 Å². The number of imidazole rings is 1. The van der Waals surface area contributed by atoms with Gasteiger partial charge >= 0.3 is 0 Å². The summed E-state index contributed by atoms with van der Waals surface area (Å²) in [5, 5.41) is 12.1. The number of anilines is 1. The summed E-state index contributed by atoms with van der Waals surface area (Å²) >= 11 is 2.52. The van der Waals surface area contributed by atoms with Crippen LogP contribution in [0.15, 0.2) is 61.2 Å². The number of thiazole rings is 1. The van der Waals surface area contributed by atoms with Crippen LogP contribution >= 0.6 is 22.7 Å². The Labute approximate surface area is 194 Å². The van der Waals surface area contributed by atoms with E-state index in [-0.39, 0.29) is 17.1 Å². The number of benzene rings is 2. The predicted molar refractivity (Wildman–Crippen MR) is 127 cm³/mol. The van der Waals surface area contributed by atoms with Crippen LogP contribution in [0.25, 0.3) is 20.3 Å². The Morgan fingerprint density at radius 1 is 1.18 bits per heavy atom. The molecule has 0 bridgehead atoms. The van der Waals surface area contributed by atoms with Crippen molar-refractivity contribution in [3.05, 3.63) is 82.0 Å². The number of nitrogens with zero attached hydrogens (tertiary/aromatic N) is 5. The van der Waals surface area contributed by atoms with Crippen LogP contribution in [0.5, 0.6) is 0 Å². The lowest BCUT2D eigenvalue weighted by atomic mass is 10.2. The molecule has 5 aromatic rings. The van der Waals surface area contributed by atoms with E-state index in [2.05, 4.69) is 9.97 Å². The van der Waals surface area contributed by atoms with Crippen molar-refractivity contribution in [1.82, 2.24) is 14.5 Å². The first-order valence-corrected chi connectivity index (χ1v) is 11.6. The lowest BCUT2D eigenvalue weighted by Gasteiger charge is -2.19. The fourth-order valence-corrected chi connectivity index (χ4v) is 5.51. The molecule has 2 aromatic carbocycles. The van der Waals surface area contributed by atoms with E-state index in [4.69, 9.17) is 0 Å². The number of aromatic nitrogens is 3. The Morgan fingerprint density at radius 2 is 2.06 bits per heavy atom. The summed E-state index contributed by atoms with van der Waals surface area (Å²) in [6.07, 6.45) is 5.88. The van der Waals surface area contributed by atoms with Crippen molar-refractivity contribution in [2.24, 2.45) is 0 Å². The van der Waals surface area contributed by atoms with E-state index in [0.717, 1.165) is 4.70 Å². The number of rotatable bonds is 7. The van der Waals surface area contributed by atoms with Crippen LogP contribution in [0.3, 0.4) is 0 Å². The molecule has 1 amide bonds. The first-order valence-electron chi connectivity index (χ1n) is 10.0. The van der Waals surface area contributed by atoms with E-state index in [1.165, 1.54) is 40.9 Å². The van der Waals surface area contributed by atoms with Gasteiger partial charge in [0.25, 0.3) is 11.6 Å². The van der Waals surface area contributed by atoms with Gasteiger partial charge in [0, 0.05) is 47.7 Å². The average Bonchev–Trinajstić information content (AvgIpc) is 3.55. The molecule has 0 aliphatic rings. The molecule has 11 heteroatoms. The van der Waals surface area contributed by atoms with Gasteiger partial charge in [-0.15, -0.1) is 11.3 Å². The van der Waals surface area contributed by atoms with Gasteiger partial charge in [0.15, 0.2) is 5.13 Å². The average molecular weight is 482 g/mol. The largest absolute Gasteiger partial charge is 0.337 e. The van der Waals surface area contributed by atoms with Gasteiger partial charge in [-0.2, -0.15) is 0 Å². The van der Waals surface area contributed by atoms with Crippen molar-refractivity contribution in [3.8, 4) is 0 Å². The van der Waals surface area contributed by atoms with Gasteiger partial charge in [0.05, 0.1) is 20.8 Å². The van der Waals surface area contributed by atoms with Gasteiger partial charge in [-0.05, 0) is 30.7 Å². The van der Waals surface area contributed by atoms with E-state index in [0.29, 0.717) is 39.6 Å². The number of carbonyl (C=O) groups is 1. The number of nitro benzene ring substituents is 1. The normalized spacial score (nSPS) is 11.3. The molecular formula is C22H16FN5O3S2. The SMILES string of the molecule is O=C(c1cc2cc([N+](=O)[O-])ccc2s1)N(CCCn1ccnc1)c1nc2c(F)cccc2s1. The topological polar surface area (TPSA) is 94.2 Å². The maximum atomic E-state index is 14.2. The molecule has 5 rings (SSSR count). The number of fused-ring (bicyclic) bond motifs is 2. The molecule has 0 saturated carbocycles. The zero-order valence-electron chi connectivity index (χ0n) is 17.1. The Balaban J connectivity index is 1.49. The highest BCUT2D eigenvalue weighted by atomic mass is 32.1. The smallest absolute Gasteiger partial charge is 0.270 e. The van der Waals surface area contributed by atoms with Crippen molar-refractivity contribution < 1.29 is 14.1 Å². The maximum absolute atomic E-state index is 14.2. The number of para-hydroxylation sites is 1. The number of hydrogen-bond acceptors (Lipinski definition) is 7. The molecule has 33 heavy (non-hydrogen) atoms. The molecule has 0 N–H and O–H groups in total. The summed E-state index contributed by atoms with van der Waals surface area (Å²) < 4.78 is 17.6. The molecule has 0 radical (unpaired) electrons. The number of aryl methyl sites for hydroxylation is 1. The summed E-state index contributed by atoms with van der Waals surface area (Å²) in [4.78, 5) is 34.6. The van der Waals surface area contributed by atoms with Crippen molar-refractivity contribution in [3.63, 3.8) is 0 Å². The quantitative estimate of drug-likeness (QED) is 0.226. The summed E-state index contributed by atoms with van der Waals surface area (Å²) in [5.74, 6) is -0.709. The lowest BCUT2D eigenvalue weighted by Crippen LogP contribution is -2.31. The maximum Gasteiger partial charge on any atom is 0.270 e. The highest BCUT2D eigenvalue weighted by Crippen LogP contribution is 2.34. The van der Waals surface area contributed by atoms with Gasteiger partial charge in [-0.3, -0.25) is 19.8 Å². The van der Waals surface area contributed by atoms with Crippen LogP contribution in [0.2, 0.25) is 0 Å². The van der Waals surface area contributed by atoms with Crippen molar-refractivity contribution in [2.45, 2.75) is 13.0 Å². The fourth-order valence-electron chi connectivity index (χ4n) is 3.52. The molecule has 0 aliphatic heterocycles. The molecule has 0 fully saturated rings. The highest BCUT2D eigenvalue weighted by molar-refractivity contribution is 7.23. The zero-order chi connectivity index (χ0) is 22.9. The lowest BCUT2D eigenvalue weighted by molar-refractivity contribution is -0.384. The van der Waals surface area contributed by atoms with E-state index in [9.17, 15) is 19.3 Å². The van der Waals surface area contributed by atoms with Crippen LogP contribution in [-0.2, 0) is 6.54 Å². The second-order valence-corrected chi connectivity index (χ2v) is 9.38. The number of nitro groups is 1. The van der Waals surface area contributed by atoms with Crippen molar-refractivity contribution >= 4 is 59.7 Å². The second-order valence-electron chi connectivity index (χ2n) is 7.28. The van der Waals surface area contributed by atoms with Crippen LogP contribution in [0.1, 0.15) is 16.1 Å². The van der Waals surface area contributed by atoms with E-state index < -0.39 is 10.7 Å². The van der Waals surface area contributed by atoms with Gasteiger partial charge in [-0.1, -0.05) is 17.4 Å². The Hall–Kier alpha value is -3.70. The molecular weight excluding hydrogens is 465 g/mol. The van der Waals surface area contributed by atoms with Crippen LogP contribution in [0.4, 0.5) is 15.2 Å². The van der Waals surface area contributed by atoms with Gasteiger partial charge in [0.2, 0.25) is 0 Å². The fraction of sp³-hybridized carbons (Fsp3) is 0.136. The van der Waals surface area contributed by atoms with E-state index in [1.807, 2.05) is 10.8 Å². The minimum Gasteiger partial charge on any atom is -0.337 e. The zero-order valence-corrected chi connectivity index (χ0v) is 18.7. The number of thiophene rings is 1. The Kier molecular flexibility index (Phi) is 5.56. The van der Waals surface area contributed by atoms with Gasteiger partial charge < -0.3 is 4.57 Å². The summed E-state index contributed by atoms with van der Waals surface area (Å²) in [7, 11) is 0. The summed E-state index contributed by atoms with van der Waals surface area (Å²) in [5.41, 5.74) is 0.204. The van der Waals surface area contributed by atoms with Gasteiger partial charge in [-0.25, -0.2) is 14.4 Å². The number of halogens is 1. The minimum absolute atomic E-state index is 0.0295. The third kappa shape index (κ3) is 4.20. The molecule has 0 aliphatic carbocycles. The Bertz CT molecular complexity index is 1480. The first-order chi connectivity index (χ1) is 16.0. The number of hydrogen-bond donors (Lipinski definition) is 0. The number of carbonyl (C=O) groups excluding carboxylic acids is 1. The standard InChI is InChI=1S/C22H16FN5O3S2/c23-16-3-1-4-18-20(16)25-22(33-18)27(9-2-8-26-10-7-24-13-26)21(29)19-12-14-11-15(28(30)31)5-6-17(14)32-19/h1,3-7,10-13H,2,8-9H2. The molecule has 0 atom stereocenters. The Morgan fingerprint density at radius 3 is 2.82 bits per heavy atom. The monoisotopic (exact) mass is 481 g/mol. The predicted octanol–water partition coefficient (Wildman–Crippen LogP) is 5.49. The third-order valence-corrected chi connectivity index (χ3v) is 7.26. The van der Waals surface area contributed by atoms with E-state index in [1.54, 1.807) is 41.7 Å². The summed E-state index contributed by atoms with van der Waals surface area (Å²) in [6, 6.07) is 10.9. The minimum atomic E-state index is -0.462. The second kappa shape index (κ2) is 8.68. The first kappa shape index (κ1) is 21.2. The molecule has 3 heterocycles. The molecule has 0 spiro atoms. The van der Waals surface area contributed by atoms with Crippen molar-refractivity contribution in [2.75, 3.05) is 11.4 Å². The molecule has 166 valence electrons. The van der Waals surface area contributed by atoms with Crippen LogP contribution < -0.4 is 4.90 Å². The third-order valence-electron chi connectivity index (χ3n) is 5.11. The van der Waals surface area contributed by atoms with Crippen molar-refractivity contribution in [1.29, 1.82) is 0 Å². The molecule has 8 nitrogen and oxygen atoms in total. The molecule has 0 unspecified atom stereocenters. The number of amides is 1. The summed E-state index contributed by atoms with van der Waals surface area (Å²) in [6.45, 7) is 1.02. The number of non-ortho nitro benzene ring substituents is 1. The molecule has 0 saturated heterocycles. The van der Waals surface area contributed by atoms with Crippen LogP contribution in [0, 0.1) is 15.9 Å². The molecule has 3 aromatic heterocycles. The highest BCUT2D eigenvalue weighted by Gasteiger charge is 2.24.